The zero-order valence-corrected chi connectivity index (χ0v) is 12.6. The fourth-order valence-electron chi connectivity index (χ4n) is 1.50. The van der Waals surface area contributed by atoms with Crippen LogP contribution in [0.15, 0.2) is 45.7 Å². The zero-order valence-electron chi connectivity index (χ0n) is 10.2. The maximum atomic E-state index is 11.6. The van der Waals surface area contributed by atoms with Crippen LogP contribution in [-0.4, -0.2) is 17.4 Å². The van der Waals surface area contributed by atoms with Crippen LogP contribution >= 0.6 is 27.3 Å². The molecule has 0 aliphatic carbocycles. The fourth-order valence-corrected chi connectivity index (χ4v) is 2.65. The molecule has 1 N–H and O–H groups in total. The van der Waals surface area contributed by atoms with Gasteiger partial charge in [-0.1, -0.05) is 6.07 Å². The van der Waals surface area contributed by atoms with Gasteiger partial charge in [0.05, 0.1) is 3.79 Å². The first-order valence-electron chi connectivity index (χ1n) is 5.84. The maximum Gasteiger partial charge on any atom is 0.244 e. The number of carbonyl (C=O) groups excluding carboxylic acids is 1. The number of halogens is 1. The molecular formula is C14H13BrN2OS. The number of hydrogen-bond donors (Lipinski definition) is 1. The molecule has 2 aromatic rings. The maximum absolute atomic E-state index is 11.6. The van der Waals surface area contributed by atoms with Crippen molar-refractivity contribution in [2.75, 3.05) is 6.54 Å². The molecule has 5 heteroatoms. The lowest BCUT2D eigenvalue weighted by atomic mass is 10.2. The van der Waals surface area contributed by atoms with Gasteiger partial charge in [-0.2, -0.15) is 0 Å². The van der Waals surface area contributed by atoms with Crippen molar-refractivity contribution in [3.63, 3.8) is 0 Å². The van der Waals surface area contributed by atoms with Gasteiger partial charge in [0, 0.05) is 30.9 Å². The lowest BCUT2D eigenvalue weighted by Crippen LogP contribution is -2.23. The van der Waals surface area contributed by atoms with E-state index in [1.165, 1.54) is 0 Å². The monoisotopic (exact) mass is 336 g/mol. The van der Waals surface area contributed by atoms with Crippen LogP contribution in [0.25, 0.3) is 6.08 Å². The third kappa shape index (κ3) is 4.96. The fraction of sp³-hybridized carbons (Fsp3) is 0.143. The average Bonchev–Trinajstić information content (AvgIpc) is 2.83. The number of pyridine rings is 1. The molecule has 2 heterocycles. The molecule has 0 saturated heterocycles. The van der Waals surface area contributed by atoms with Crippen LogP contribution in [0.4, 0.5) is 0 Å². The van der Waals surface area contributed by atoms with Crippen molar-refractivity contribution in [3.05, 3.63) is 57.0 Å². The summed E-state index contributed by atoms with van der Waals surface area (Å²) in [7, 11) is 0. The number of amides is 1. The van der Waals surface area contributed by atoms with Gasteiger partial charge in [0.2, 0.25) is 5.91 Å². The Bertz CT molecular complexity index is 566. The van der Waals surface area contributed by atoms with Crippen molar-refractivity contribution in [1.82, 2.24) is 10.3 Å². The average molecular weight is 337 g/mol. The van der Waals surface area contributed by atoms with Gasteiger partial charge in [-0.15, -0.1) is 11.3 Å². The van der Waals surface area contributed by atoms with Crippen LogP contribution in [-0.2, 0) is 11.2 Å². The second kappa shape index (κ2) is 7.21. The van der Waals surface area contributed by atoms with E-state index in [1.54, 1.807) is 29.7 Å². The number of rotatable bonds is 5. The first-order valence-corrected chi connectivity index (χ1v) is 7.51. The number of thiophene rings is 1. The lowest BCUT2D eigenvalue weighted by molar-refractivity contribution is -0.116. The smallest absolute Gasteiger partial charge is 0.244 e. The van der Waals surface area contributed by atoms with Crippen molar-refractivity contribution in [2.24, 2.45) is 0 Å². The first-order chi connectivity index (χ1) is 9.24. The SMILES string of the molecule is O=C(/C=C\c1csc(Br)c1)NCCc1ccccn1. The number of aromatic nitrogens is 1. The Morgan fingerprint density at radius 2 is 2.37 bits per heavy atom. The van der Waals surface area contributed by atoms with Gasteiger partial charge in [-0.05, 0) is 51.1 Å². The summed E-state index contributed by atoms with van der Waals surface area (Å²) in [5.74, 6) is -0.0850. The van der Waals surface area contributed by atoms with Crippen LogP contribution in [0.3, 0.4) is 0 Å². The molecule has 0 radical (unpaired) electrons. The molecule has 1 amide bonds. The molecule has 0 spiro atoms. The highest BCUT2D eigenvalue weighted by Crippen LogP contribution is 2.21. The molecular weight excluding hydrogens is 324 g/mol. The van der Waals surface area contributed by atoms with Gasteiger partial charge in [0.25, 0.3) is 0 Å². The Morgan fingerprint density at radius 1 is 1.47 bits per heavy atom. The van der Waals surface area contributed by atoms with Gasteiger partial charge in [-0.3, -0.25) is 9.78 Å². The number of carbonyl (C=O) groups is 1. The lowest BCUT2D eigenvalue weighted by Gasteiger charge is -2.01. The van der Waals surface area contributed by atoms with E-state index >= 15 is 0 Å². The van der Waals surface area contributed by atoms with Crippen molar-refractivity contribution in [3.8, 4) is 0 Å². The Balaban J connectivity index is 1.74. The zero-order chi connectivity index (χ0) is 13.5. The van der Waals surface area contributed by atoms with E-state index in [0.717, 1.165) is 21.5 Å². The summed E-state index contributed by atoms with van der Waals surface area (Å²) in [4.78, 5) is 15.8. The van der Waals surface area contributed by atoms with E-state index in [0.29, 0.717) is 6.54 Å². The van der Waals surface area contributed by atoms with E-state index in [1.807, 2.05) is 29.6 Å². The minimum Gasteiger partial charge on any atom is -0.352 e. The Hall–Kier alpha value is -1.46. The third-order valence-electron chi connectivity index (χ3n) is 2.42. The Morgan fingerprint density at radius 3 is 3.05 bits per heavy atom. The van der Waals surface area contributed by atoms with E-state index in [9.17, 15) is 4.79 Å². The molecule has 0 unspecified atom stereocenters. The van der Waals surface area contributed by atoms with E-state index in [2.05, 4.69) is 26.2 Å². The summed E-state index contributed by atoms with van der Waals surface area (Å²) in [5, 5.41) is 4.82. The highest BCUT2D eigenvalue weighted by atomic mass is 79.9. The molecule has 2 aromatic heterocycles. The number of hydrogen-bond acceptors (Lipinski definition) is 3. The van der Waals surface area contributed by atoms with Crippen molar-refractivity contribution >= 4 is 39.2 Å². The van der Waals surface area contributed by atoms with Gasteiger partial charge >= 0.3 is 0 Å². The molecule has 0 aliphatic heterocycles. The molecule has 98 valence electrons. The third-order valence-corrected chi connectivity index (χ3v) is 3.94. The van der Waals surface area contributed by atoms with Crippen LogP contribution < -0.4 is 5.32 Å². The molecule has 0 bridgehead atoms. The van der Waals surface area contributed by atoms with E-state index in [4.69, 9.17) is 0 Å². The molecule has 0 aromatic carbocycles. The number of nitrogens with one attached hydrogen (secondary N) is 1. The van der Waals surface area contributed by atoms with Crippen molar-refractivity contribution in [2.45, 2.75) is 6.42 Å². The predicted molar refractivity (Wildman–Crippen MR) is 82.0 cm³/mol. The van der Waals surface area contributed by atoms with Gasteiger partial charge in [-0.25, -0.2) is 0 Å². The molecule has 0 saturated carbocycles. The summed E-state index contributed by atoms with van der Waals surface area (Å²) in [5.41, 5.74) is 2.00. The standard InChI is InChI=1S/C14H13BrN2OS/c15-13-9-11(10-19-13)4-5-14(18)17-8-6-12-3-1-2-7-16-12/h1-5,7,9-10H,6,8H2,(H,17,18)/b5-4-. The summed E-state index contributed by atoms with van der Waals surface area (Å²) < 4.78 is 1.06. The molecule has 19 heavy (non-hydrogen) atoms. The molecule has 0 fully saturated rings. The molecule has 0 atom stereocenters. The van der Waals surface area contributed by atoms with Crippen molar-refractivity contribution in [1.29, 1.82) is 0 Å². The highest BCUT2D eigenvalue weighted by molar-refractivity contribution is 9.11. The van der Waals surface area contributed by atoms with Gasteiger partial charge in [0.15, 0.2) is 0 Å². The molecule has 3 nitrogen and oxygen atoms in total. The minimum absolute atomic E-state index is 0.0850. The topological polar surface area (TPSA) is 42.0 Å². The second-order valence-electron chi connectivity index (χ2n) is 3.88. The summed E-state index contributed by atoms with van der Waals surface area (Å²) in [6.45, 7) is 0.591. The highest BCUT2D eigenvalue weighted by Gasteiger charge is 1.98. The quantitative estimate of drug-likeness (QED) is 0.851. The predicted octanol–water partition coefficient (Wildman–Crippen LogP) is 3.28. The van der Waals surface area contributed by atoms with Gasteiger partial charge < -0.3 is 5.32 Å². The normalized spacial score (nSPS) is 10.8. The van der Waals surface area contributed by atoms with Crippen LogP contribution in [0, 0.1) is 0 Å². The summed E-state index contributed by atoms with van der Waals surface area (Å²) in [6.07, 6.45) is 5.85. The largest absolute Gasteiger partial charge is 0.352 e. The Kier molecular flexibility index (Phi) is 5.30. The second-order valence-corrected chi connectivity index (χ2v) is 6.17. The first kappa shape index (κ1) is 14.0. The van der Waals surface area contributed by atoms with Crippen LogP contribution in [0.5, 0.6) is 0 Å². The summed E-state index contributed by atoms with van der Waals surface area (Å²) >= 11 is 4.98. The Labute approximate surface area is 124 Å². The minimum atomic E-state index is -0.0850. The molecule has 0 aliphatic rings. The summed E-state index contributed by atoms with van der Waals surface area (Å²) in [6, 6.07) is 7.75. The van der Waals surface area contributed by atoms with Crippen molar-refractivity contribution < 1.29 is 4.79 Å². The van der Waals surface area contributed by atoms with E-state index in [-0.39, 0.29) is 5.91 Å². The van der Waals surface area contributed by atoms with Gasteiger partial charge in [0.1, 0.15) is 0 Å². The van der Waals surface area contributed by atoms with Crippen LogP contribution in [0.1, 0.15) is 11.3 Å². The number of nitrogens with zero attached hydrogens (tertiary/aromatic N) is 1. The van der Waals surface area contributed by atoms with Crippen LogP contribution in [0.2, 0.25) is 0 Å². The van der Waals surface area contributed by atoms with E-state index < -0.39 is 0 Å². The molecule has 2 rings (SSSR count).